The summed E-state index contributed by atoms with van der Waals surface area (Å²) in [5, 5.41) is 0. The molecule has 2 nitrogen and oxygen atoms in total. The van der Waals surface area contributed by atoms with Crippen molar-refractivity contribution in [2.45, 2.75) is 197 Å². The van der Waals surface area contributed by atoms with Crippen LogP contribution in [0.3, 0.4) is 0 Å². The monoisotopic (exact) mass is 609 g/mol. The smallest absolute Gasteiger partial charge is 0.306 e. The summed E-state index contributed by atoms with van der Waals surface area (Å²) >= 11 is 0. The van der Waals surface area contributed by atoms with Gasteiger partial charge in [0.1, 0.15) is 6.10 Å². The van der Waals surface area contributed by atoms with E-state index in [1.807, 2.05) is 5.57 Å². The summed E-state index contributed by atoms with van der Waals surface area (Å²) in [5.74, 6) is 2.25. The molecular weight excluding hydrogens is 536 g/mol. The molecule has 0 aliphatic heterocycles. The van der Waals surface area contributed by atoms with Gasteiger partial charge in [0, 0.05) is 11.8 Å². The third-order valence-corrected chi connectivity index (χ3v) is 15.4. The molecule has 0 aromatic carbocycles. The van der Waals surface area contributed by atoms with Crippen molar-refractivity contribution in [1.82, 2.24) is 0 Å². The van der Waals surface area contributed by atoms with E-state index in [4.69, 9.17) is 4.74 Å². The first kappa shape index (κ1) is 34.5. The van der Waals surface area contributed by atoms with E-state index in [9.17, 15) is 4.79 Å². The third-order valence-electron chi connectivity index (χ3n) is 15.4. The van der Waals surface area contributed by atoms with Gasteiger partial charge >= 0.3 is 5.97 Å². The second-order valence-electron chi connectivity index (χ2n) is 19.3. The molecule has 0 amide bonds. The topological polar surface area (TPSA) is 26.3 Å². The predicted molar refractivity (Wildman–Crippen MR) is 186 cm³/mol. The maximum absolute atomic E-state index is 13.1. The minimum atomic E-state index is 0.0378. The van der Waals surface area contributed by atoms with E-state index in [0.717, 1.165) is 24.7 Å². The van der Waals surface area contributed by atoms with Gasteiger partial charge in [-0.3, -0.25) is 4.79 Å². The predicted octanol–water partition coefficient (Wildman–Crippen LogP) is 12.6. The van der Waals surface area contributed by atoms with Crippen LogP contribution in [0.1, 0.15) is 191 Å². The second-order valence-corrected chi connectivity index (χ2v) is 19.3. The minimum Gasteiger partial charge on any atom is -0.462 e. The number of carbonyl (C=O) groups excluding carboxylic acids is 1. The molecule has 4 saturated carbocycles. The highest BCUT2D eigenvalue weighted by molar-refractivity contribution is 5.69. The Morgan fingerprint density at radius 2 is 1.30 bits per heavy atom. The second kappa shape index (κ2) is 12.7. The Labute approximate surface area is 273 Å². The van der Waals surface area contributed by atoms with Crippen molar-refractivity contribution in [2.75, 3.05) is 0 Å². The lowest BCUT2D eigenvalue weighted by molar-refractivity contribution is -0.200. The van der Waals surface area contributed by atoms with Crippen molar-refractivity contribution in [1.29, 1.82) is 0 Å². The average Bonchev–Trinajstić information content (AvgIpc) is 2.94. The first-order valence-corrected chi connectivity index (χ1v) is 19.5. The molecule has 0 aromatic heterocycles. The molecule has 5 rings (SSSR count). The summed E-state index contributed by atoms with van der Waals surface area (Å²) in [5.41, 5.74) is 3.86. The molecule has 44 heavy (non-hydrogen) atoms. The molecule has 2 heteroatoms. The van der Waals surface area contributed by atoms with E-state index < -0.39 is 0 Å². The maximum atomic E-state index is 13.1. The molecule has 8 atom stereocenters. The zero-order valence-corrected chi connectivity index (χ0v) is 30.8. The molecule has 0 spiro atoms. The number of fused-ring (bicyclic) bond motifs is 7. The minimum absolute atomic E-state index is 0.0378. The Hall–Kier alpha value is -0.790. The van der Waals surface area contributed by atoms with E-state index >= 15 is 0 Å². The summed E-state index contributed by atoms with van der Waals surface area (Å²) in [6.07, 6.45) is 28.1. The molecule has 0 unspecified atom stereocenters. The Kier molecular flexibility index (Phi) is 9.95. The quantitative estimate of drug-likeness (QED) is 0.132. The largest absolute Gasteiger partial charge is 0.462 e. The molecular formula is C42H72O2. The zero-order valence-electron chi connectivity index (χ0n) is 30.8. The van der Waals surface area contributed by atoms with Crippen molar-refractivity contribution in [3.05, 3.63) is 11.6 Å². The van der Waals surface area contributed by atoms with Gasteiger partial charge in [0.15, 0.2) is 0 Å². The van der Waals surface area contributed by atoms with Gasteiger partial charge < -0.3 is 4.74 Å². The lowest BCUT2D eigenvalue weighted by atomic mass is 9.34. The molecule has 0 radical (unpaired) electrons. The molecule has 0 aromatic rings. The van der Waals surface area contributed by atoms with Crippen LogP contribution in [-0.4, -0.2) is 12.1 Å². The summed E-state index contributed by atoms with van der Waals surface area (Å²) in [7, 11) is 0. The summed E-state index contributed by atoms with van der Waals surface area (Å²) < 4.78 is 6.38. The van der Waals surface area contributed by atoms with E-state index in [1.165, 1.54) is 109 Å². The van der Waals surface area contributed by atoms with Gasteiger partial charge in [0.05, 0.1) is 0 Å². The Bertz CT molecular complexity index is 1050. The van der Waals surface area contributed by atoms with Crippen molar-refractivity contribution in [3.8, 4) is 0 Å². The SMILES string of the molecule is CCCCCCCCCCCC(=O)O[C@H]1CC[C@]2(C)[C@H]3CC[C@]4(C)C(=CC[C@@]5(C)CCC(C)(C)C[C@H]54)[C@]3(C)CC[C@H]2C1(C)C. The number of carbonyl (C=O) groups is 1. The highest BCUT2D eigenvalue weighted by Crippen LogP contribution is 2.75. The van der Waals surface area contributed by atoms with Gasteiger partial charge in [-0.15, -0.1) is 0 Å². The molecule has 0 heterocycles. The van der Waals surface area contributed by atoms with Crippen molar-refractivity contribution < 1.29 is 9.53 Å². The number of hydrogen-bond donors (Lipinski definition) is 0. The standard InChI is InChI=1S/C42H72O2/c1-10-11-12-13-14-15-16-17-18-19-36(43)44-35-23-27-40(7)31(38(35,4)5)21-25-41(8)32-20-24-39(6)29-28-37(2,3)30-34(39)42(32,9)26-22-33(40)41/h20,31,33-35H,10-19,21-30H2,1-9H3/t31-,33+,34+,35-,39-,40-,41-,42+/m0/s1. The van der Waals surface area contributed by atoms with Crippen LogP contribution in [0.2, 0.25) is 0 Å². The number of allylic oxidation sites excluding steroid dienone is 2. The summed E-state index contributed by atoms with van der Waals surface area (Å²) in [6, 6.07) is 0. The van der Waals surface area contributed by atoms with Gasteiger partial charge in [-0.2, -0.15) is 0 Å². The molecule has 5 aliphatic carbocycles. The van der Waals surface area contributed by atoms with Crippen LogP contribution in [0, 0.1) is 50.2 Å². The highest BCUT2D eigenvalue weighted by atomic mass is 16.5. The first-order valence-electron chi connectivity index (χ1n) is 19.5. The summed E-state index contributed by atoms with van der Waals surface area (Å²) in [4.78, 5) is 13.1. The third kappa shape index (κ3) is 6.14. The van der Waals surface area contributed by atoms with Gasteiger partial charge in [-0.1, -0.05) is 125 Å². The zero-order chi connectivity index (χ0) is 32.0. The lowest BCUT2D eigenvalue weighted by Gasteiger charge is -2.70. The molecule has 0 saturated heterocycles. The van der Waals surface area contributed by atoms with Gasteiger partial charge in [-0.05, 0) is 115 Å². The maximum Gasteiger partial charge on any atom is 0.306 e. The fourth-order valence-corrected chi connectivity index (χ4v) is 12.8. The molecule has 252 valence electrons. The van der Waals surface area contributed by atoms with Crippen LogP contribution < -0.4 is 0 Å². The van der Waals surface area contributed by atoms with Crippen LogP contribution in [0.5, 0.6) is 0 Å². The number of hydrogen-bond acceptors (Lipinski definition) is 2. The first-order chi connectivity index (χ1) is 20.6. The number of rotatable bonds is 11. The molecule has 4 fully saturated rings. The van der Waals surface area contributed by atoms with E-state index in [2.05, 4.69) is 68.4 Å². The van der Waals surface area contributed by atoms with Gasteiger partial charge in [0.2, 0.25) is 0 Å². The Morgan fingerprint density at radius 3 is 1.95 bits per heavy atom. The van der Waals surface area contributed by atoms with Crippen LogP contribution >= 0.6 is 0 Å². The van der Waals surface area contributed by atoms with Crippen LogP contribution in [0.4, 0.5) is 0 Å². The van der Waals surface area contributed by atoms with Crippen molar-refractivity contribution >= 4 is 5.97 Å². The molecule has 5 aliphatic rings. The normalized spacial score (nSPS) is 42.2. The fraction of sp³-hybridized carbons (Fsp3) is 0.929. The van der Waals surface area contributed by atoms with Gasteiger partial charge in [-0.25, -0.2) is 0 Å². The van der Waals surface area contributed by atoms with Crippen LogP contribution in [0.25, 0.3) is 0 Å². The van der Waals surface area contributed by atoms with Crippen LogP contribution in [0.15, 0.2) is 11.6 Å². The van der Waals surface area contributed by atoms with E-state index in [1.54, 1.807) is 0 Å². The fourth-order valence-electron chi connectivity index (χ4n) is 12.8. The number of unbranched alkanes of at least 4 members (excludes halogenated alkanes) is 8. The Morgan fingerprint density at radius 1 is 0.705 bits per heavy atom. The van der Waals surface area contributed by atoms with E-state index in [0.29, 0.717) is 39.4 Å². The van der Waals surface area contributed by atoms with Gasteiger partial charge in [0.25, 0.3) is 0 Å². The van der Waals surface area contributed by atoms with Crippen molar-refractivity contribution in [2.24, 2.45) is 50.2 Å². The van der Waals surface area contributed by atoms with Crippen LogP contribution in [-0.2, 0) is 9.53 Å². The number of ether oxygens (including phenoxy) is 1. The molecule has 0 bridgehead atoms. The average molecular weight is 609 g/mol. The van der Waals surface area contributed by atoms with Crippen molar-refractivity contribution in [3.63, 3.8) is 0 Å². The lowest BCUT2D eigenvalue weighted by Crippen LogP contribution is -2.63. The summed E-state index contributed by atoms with van der Waals surface area (Å²) in [6.45, 7) is 23.0. The van der Waals surface area contributed by atoms with E-state index in [-0.39, 0.29) is 17.5 Å². The highest BCUT2D eigenvalue weighted by Gasteiger charge is 2.67. The molecule has 0 N–H and O–H groups in total. The Balaban J connectivity index is 1.22. The number of esters is 1.